The number of likely N-dealkylation sites (N-methyl/N-ethyl adjacent to an activating group) is 1. The van der Waals surface area contributed by atoms with Gasteiger partial charge in [0.05, 0.1) is 23.5 Å². The van der Waals surface area contributed by atoms with E-state index in [2.05, 4.69) is 4.98 Å². The number of amides is 3. The molecule has 1 aromatic rings. The first kappa shape index (κ1) is 17.0. The third-order valence-corrected chi connectivity index (χ3v) is 3.57. The van der Waals surface area contributed by atoms with E-state index in [1.165, 1.54) is 11.9 Å². The summed E-state index contributed by atoms with van der Waals surface area (Å²) in [5, 5.41) is 12.1. The van der Waals surface area contributed by atoms with Crippen molar-refractivity contribution in [2.45, 2.75) is 32.3 Å². The van der Waals surface area contributed by atoms with Crippen LogP contribution < -0.4 is 10.2 Å². The summed E-state index contributed by atoms with van der Waals surface area (Å²) in [6.45, 7) is 2.62. The molecule has 1 aromatic heterocycles. The Morgan fingerprint density at radius 3 is 2.48 bits per heavy atom. The smallest absolute Gasteiger partial charge is 0.371 e. The number of carbonyl (C=O) groups is 2. The molecule has 1 fully saturated rings. The number of nitrogens with one attached hydrogen (secondary N) is 1. The molecule has 0 bridgehead atoms. The number of hydrogen-bond acceptors (Lipinski definition) is 4. The number of aromatic nitrogens is 1. The maximum Gasteiger partial charge on any atom is 0.418 e. The number of pyridine rings is 1. The molecular weight excluding hydrogens is 317 g/mol. The van der Waals surface area contributed by atoms with Gasteiger partial charge in [-0.25, -0.2) is 14.7 Å². The summed E-state index contributed by atoms with van der Waals surface area (Å²) < 4.78 is 39.5. The van der Waals surface area contributed by atoms with Gasteiger partial charge < -0.3 is 15.3 Å². The highest BCUT2D eigenvalue weighted by Gasteiger charge is 2.43. The Labute approximate surface area is 129 Å². The number of alkyl halides is 3. The lowest BCUT2D eigenvalue weighted by Gasteiger charge is -2.21. The largest absolute Gasteiger partial charge is 0.418 e. The summed E-state index contributed by atoms with van der Waals surface area (Å²) in [5.74, 6) is -1.03. The summed E-state index contributed by atoms with van der Waals surface area (Å²) in [7, 11) is 1.42. The fourth-order valence-electron chi connectivity index (χ4n) is 2.21. The second-order valence-corrected chi connectivity index (χ2v) is 5.18. The number of hydrogen-bond donors (Lipinski definition) is 2. The lowest BCUT2D eigenvalue weighted by molar-refractivity contribution is -0.137. The summed E-state index contributed by atoms with van der Waals surface area (Å²) in [4.78, 5) is 28.8. The van der Waals surface area contributed by atoms with Gasteiger partial charge in [-0.1, -0.05) is 0 Å². The number of urea groups is 1. The fraction of sp³-hybridized carbons (Fsp3) is 0.462. The van der Waals surface area contributed by atoms with E-state index in [1.807, 2.05) is 5.32 Å². The van der Waals surface area contributed by atoms with Crippen molar-refractivity contribution in [1.29, 1.82) is 0 Å². The fourth-order valence-corrected chi connectivity index (χ4v) is 2.21. The number of halogens is 3. The summed E-state index contributed by atoms with van der Waals surface area (Å²) >= 11 is 0. The van der Waals surface area contributed by atoms with Crippen molar-refractivity contribution < 1.29 is 27.9 Å². The first-order valence-corrected chi connectivity index (χ1v) is 6.63. The Hall–Kier alpha value is -2.36. The molecule has 0 spiro atoms. The van der Waals surface area contributed by atoms with Crippen LogP contribution in [0, 0.1) is 0 Å². The van der Waals surface area contributed by atoms with Gasteiger partial charge in [-0.3, -0.25) is 4.79 Å². The van der Waals surface area contributed by atoms with Gasteiger partial charge in [0, 0.05) is 14.0 Å². The highest BCUT2D eigenvalue weighted by molar-refractivity contribution is 5.95. The van der Waals surface area contributed by atoms with Crippen LogP contribution in [0.1, 0.15) is 19.4 Å². The number of rotatable bonds is 2. The van der Waals surface area contributed by atoms with E-state index < -0.39 is 41.6 Å². The van der Waals surface area contributed by atoms with Crippen LogP contribution >= 0.6 is 0 Å². The molecule has 126 valence electrons. The van der Waals surface area contributed by atoms with E-state index in [0.717, 1.165) is 18.0 Å². The second kappa shape index (κ2) is 5.69. The predicted octanol–water partition coefficient (Wildman–Crippen LogP) is 1.64. The lowest BCUT2D eigenvalue weighted by atomic mass is 10.2. The van der Waals surface area contributed by atoms with E-state index in [0.29, 0.717) is 6.07 Å². The van der Waals surface area contributed by atoms with Gasteiger partial charge in [-0.05, 0) is 13.0 Å². The van der Waals surface area contributed by atoms with Crippen molar-refractivity contribution in [2.24, 2.45) is 0 Å². The zero-order valence-electron chi connectivity index (χ0n) is 12.5. The van der Waals surface area contributed by atoms with Crippen LogP contribution in [0.5, 0.6) is 0 Å². The van der Waals surface area contributed by atoms with E-state index in [-0.39, 0.29) is 5.82 Å². The molecule has 2 heterocycles. The maximum absolute atomic E-state index is 13.2. The van der Waals surface area contributed by atoms with Gasteiger partial charge in [0.2, 0.25) is 5.91 Å². The van der Waals surface area contributed by atoms with Gasteiger partial charge in [0.25, 0.3) is 0 Å². The van der Waals surface area contributed by atoms with Gasteiger partial charge in [0.15, 0.2) is 6.23 Å². The molecular formula is C13H15F3N4O3. The third kappa shape index (κ3) is 3.07. The van der Waals surface area contributed by atoms with Crippen LogP contribution in [0.15, 0.2) is 12.3 Å². The van der Waals surface area contributed by atoms with Gasteiger partial charge in [-0.2, -0.15) is 13.2 Å². The van der Waals surface area contributed by atoms with Gasteiger partial charge in [-0.15, -0.1) is 0 Å². The molecule has 2 N–H and O–H groups in total. The van der Waals surface area contributed by atoms with Crippen LogP contribution in [0.2, 0.25) is 0 Å². The molecule has 10 heteroatoms. The molecule has 2 atom stereocenters. The maximum atomic E-state index is 13.2. The first-order chi connectivity index (χ1) is 10.5. The lowest BCUT2D eigenvalue weighted by Crippen LogP contribution is -2.36. The Kier molecular flexibility index (Phi) is 4.20. The average Bonchev–Trinajstić information content (AvgIpc) is 2.62. The molecule has 1 aliphatic heterocycles. The molecule has 2 rings (SSSR count). The Morgan fingerprint density at radius 1 is 1.43 bits per heavy atom. The molecule has 3 amide bonds. The number of anilines is 2. The summed E-state index contributed by atoms with van der Waals surface area (Å²) in [6.07, 6.45) is -5.28. The van der Waals surface area contributed by atoms with Crippen LogP contribution in [0.3, 0.4) is 0 Å². The normalized spacial score (nSPS) is 21.8. The van der Waals surface area contributed by atoms with Crippen molar-refractivity contribution in [3.8, 4) is 0 Å². The van der Waals surface area contributed by atoms with E-state index in [1.54, 1.807) is 6.92 Å². The molecule has 0 aliphatic carbocycles. The Balaban J connectivity index is 2.50. The number of nitrogens with zero attached hydrogens (tertiary/aromatic N) is 3. The molecule has 1 saturated heterocycles. The quantitative estimate of drug-likeness (QED) is 0.862. The Bertz CT molecular complexity index is 650. The van der Waals surface area contributed by atoms with E-state index in [9.17, 15) is 27.9 Å². The monoisotopic (exact) mass is 332 g/mol. The molecule has 7 nitrogen and oxygen atoms in total. The van der Waals surface area contributed by atoms with Crippen LogP contribution in [-0.4, -0.2) is 46.2 Å². The average molecular weight is 332 g/mol. The Morgan fingerprint density at radius 2 is 2.04 bits per heavy atom. The van der Waals surface area contributed by atoms with Crippen LogP contribution in [0.25, 0.3) is 0 Å². The zero-order chi connectivity index (χ0) is 17.5. The SMILES string of the molecule is CC(=O)Nc1cnc(N2C(=O)N(C)C(C)C2O)cc1C(F)(F)F. The highest BCUT2D eigenvalue weighted by Crippen LogP contribution is 2.37. The van der Waals surface area contributed by atoms with Crippen LogP contribution in [0.4, 0.5) is 29.5 Å². The zero-order valence-corrected chi connectivity index (χ0v) is 12.5. The summed E-state index contributed by atoms with van der Waals surface area (Å²) in [5.41, 5.74) is -1.67. The molecule has 23 heavy (non-hydrogen) atoms. The van der Waals surface area contributed by atoms with Crippen molar-refractivity contribution in [3.63, 3.8) is 0 Å². The van der Waals surface area contributed by atoms with Crippen molar-refractivity contribution in [3.05, 3.63) is 17.8 Å². The van der Waals surface area contributed by atoms with Gasteiger partial charge >= 0.3 is 12.2 Å². The predicted molar refractivity (Wildman–Crippen MR) is 74.6 cm³/mol. The standard InChI is InChI=1S/C13H15F3N4O3/c1-6-11(22)20(12(23)19(6)3)10-4-8(13(14,15)16)9(5-17-10)18-7(2)21/h4-6,11,22H,1-3H3,(H,18,21). The second-order valence-electron chi connectivity index (χ2n) is 5.18. The van der Waals surface area contributed by atoms with Gasteiger partial charge in [0.1, 0.15) is 5.82 Å². The number of aliphatic hydroxyl groups excluding tert-OH is 1. The molecule has 0 saturated carbocycles. The minimum atomic E-state index is -4.76. The van der Waals surface area contributed by atoms with Crippen molar-refractivity contribution in [1.82, 2.24) is 9.88 Å². The summed E-state index contributed by atoms with van der Waals surface area (Å²) in [6, 6.07) is -0.648. The third-order valence-electron chi connectivity index (χ3n) is 3.57. The molecule has 1 aliphatic rings. The number of aliphatic hydroxyl groups is 1. The minimum Gasteiger partial charge on any atom is -0.371 e. The van der Waals surface area contributed by atoms with Crippen molar-refractivity contribution >= 4 is 23.4 Å². The molecule has 0 radical (unpaired) electrons. The first-order valence-electron chi connectivity index (χ1n) is 6.63. The number of carbonyl (C=O) groups excluding carboxylic acids is 2. The molecule has 2 unspecified atom stereocenters. The van der Waals surface area contributed by atoms with Crippen molar-refractivity contribution in [2.75, 3.05) is 17.3 Å². The topological polar surface area (TPSA) is 85.8 Å². The minimum absolute atomic E-state index is 0.347. The van der Waals surface area contributed by atoms with Crippen LogP contribution in [-0.2, 0) is 11.0 Å². The van der Waals surface area contributed by atoms with E-state index >= 15 is 0 Å². The highest BCUT2D eigenvalue weighted by atomic mass is 19.4. The molecule has 0 aromatic carbocycles. The van der Waals surface area contributed by atoms with E-state index in [4.69, 9.17) is 0 Å².